The van der Waals surface area contributed by atoms with E-state index in [2.05, 4.69) is 10.6 Å². The van der Waals surface area contributed by atoms with E-state index in [4.69, 9.17) is 14.2 Å². The third-order valence-electron chi connectivity index (χ3n) is 11.2. The van der Waals surface area contributed by atoms with Gasteiger partial charge in [0.05, 0.1) is 60.4 Å². The van der Waals surface area contributed by atoms with Crippen LogP contribution in [0.5, 0.6) is 17.2 Å². The van der Waals surface area contributed by atoms with Crippen LogP contribution in [-0.2, 0) is 23.2 Å². The molecule has 7 rings (SSSR count). The summed E-state index contributed by atoms with van der Waals surface area (Å²) in [6.07, 6.45) is 3.73. The van der Waals surface area contributed by atoms with Crippen LogP contribution in [0.2, 0.25) is 0 Å². The van der Waals surface area contributed by atoms with Crippen LogP contribution in [0.25, 0.3) is 21.2 Å². The molecule has 3 aliphatic heterocycles. The molecule has 324 valence electrons. The standard InChI is InChI=1S/C43H48F2N6O9S/c1-48(2)21-30-32(58-4)17-24(18-33(30)59-5)29-22-49(3)40(55)28-20-34(61-37(28)29)39(54)46-35-13-15-50(23-43(35,44)45)14-7-6-8-16-60-25-9-10-26-27(19-25)42(57)51(41(26)56)31-11-12-36(52)47-38(31)53/h9-10,17-20,22,31,35H,6-8,11-16,21,23H2,1-5H3,(H,46,54)(H,47,52,53). The van der Waals surface area contributed by atoms with Gasteiger partial charge >= 0.3 is 0 Å². The summed E-state index contributed by atoms with van der Waals surface area (Å²) < 4.78 is 50.3. The first-order valence-corrected chi connectivity index (χ1v) is 20.8. The summed E-state index contributed by atoms with van der Waals surface area (Å²) in [6, 6.07) is 7.25. The SMILES string of the molecule is COc1cc(-c2cn(C)c(=O)c3cc(C(=O)NC4CCN(CCCCCOc5ccc6c(c5)C(=O)N(C5CCC(=O)NC5=O)C6=O)CC4(F)F)sc23)cc(OC)c1CN(C)C. The molecule has 4 aromatic rings. The molecule has 2 unspecified atom stereocenters. The van der Waals surface area contributed by atoms with Crippen molar-refractivity contribution in [2.45, 2.75) is 63.1 Å². The minimum atomic E-state index is -3.20. The summed E-state index contributed by atoms with van der Waals surface area (Å²) in [5.74, 6) is -4.66. The highest BCUT2D eigenvalue weighted by atomic mass is 32.1. The van der Waals surface area contributed by atoms with E-state index in [1.807, 2.05) is 31.1 Å². The number of piperidine rings is 2. The van der Waals surface area contributed by atoms with Gasteiger partial charge in [-0.3, -0.25) is 43.9 Å². The number of nitrogens with one attached hydrogen (secondary N) is 2. The molecule has 61 heavy (non-hydrogen) atoms. The summed E-state index contributed by atoms with van der Waals surface area (Å²) in [7, 11) is 8.62. The minimum Gasteiger partial charge on any atom is -0.496 e. The first-order valence-electron chi connectivity index (χ1n) is 20.0. The van der Waals surface area contributed by atoms with E-state index in [9.17, 15) is 28.8 Å². The zero-order chi connectivity index (χ0) is 43.7. The lowest BCUT2D eigenvalue weighted by Crippen LogP contribution is -2.58. The van der Waals surface area contributed by atoms with Gasteiger partial charge in [-0.05, 0) is 94.7 Å². The van der Waals surface area contributed by atoms with Crippen molar-refractivity contribution in [2.24, 2.45) is 7.05 Å². The fourth-order valence-electron chi connectivity index (χ4n) is 8.13. The molecule has 2 aromatic carbocycles. The molecule has 5 amide bonds. The summed E-state index contributed by atoms with van der Waals surface area (Å²) in [5.41, 5.74) is 2.17. The van der Waals surface area contributed by atoms with E-state index in [-0.39, 0.29) is 40.8 Å². The smallest absolute Gasteiger partial charge is 0.280 e. The molecule has 0 aliphatic carbocycles. The van der Waals surface area contributed by atoms with Crippen LogP contribution in [0.4, 0.5) is 8.78 Å². The molecule has 2 atom stereocenters. The Balaban J connectivity index is 0.913. The number of hydrogen-bond acceptors (Lipinski definition) is 12. The molecule has 2 aromatic heterocycles. The van der Waals surface area contributed by atoms with Crippen LogP contribution < -0.4 is 30.4 Å². The van der Waals surface area contributed by atoms with Crippen LogP contribution in [0.1, 0.15) is 74.5 Å². The van der Waals surface area contributed by atoms with Crippen molar-refractivity contribution in [3.05, 3.63) is 74.5 Å². The molecule has 0 spiro atoms. The predicted molar refractivity (Wildman–Crippen MR) is 223 cm³/mol. The van der Waals surface area contributed by atoms with E-state index >= 15 is 8.78 Å². The van der Waals surface area contributed by atoms with Gasteiger partial charge in [0, 0.05) is 43.0 Å². The van der Waals surface area contributed by atoms with Gasteiger partial charge in [-0.1, -0.05) is 0 Å². The van der Waals surface area contributed by atoms with Crippen molar-refractivity contribution in [3.8, 4) is 28.4 Å². The third-order valence-corrected chi connectivity index (χ3v) is 12.4. The molecule has 18 heteroatoms. The second-order valence-corrected chi connectivity index (χ2v) is 16.9. The number of thiophene rings is 1. The number of imide groups is 2. The number of unbranched alkanes of at least 4 members (excludes halogenated alkanes) is 2. The van der Waals surface area contributed by atoms with Gasteiger partial charge in [-0.15, -0.1) is 11.3 Å². The molecular weight excluding hydrogens is 815 g/mol. The molecule has 0 radical (unpaired) electrons. The Kier molecular flexibility index (Phi) is 12.6. The quantitative estimate of drug-likeness (QED) is 0.128. The maximum absolute atomic E-state index is 15.6. The number of likely N-dealkylation sites (tertiary alicyclic amines) is 1. The monoisotopic (exact) mass is 862 g/mol. The highest BCUT2D eigenvalue weighted by molar-refractivity contribution is 7.21. The highest BCUT2D eigenvalue weighted by Gasteiger charge is 2.46. The van der Waals surface area contributed by atoms with Gasteiger partial charge in [-0.25, -0.2) is 8.78 Å². The normalized spacial score (nSPS) is 19.0. The number of hydrogen-bond donors (Lipinski definition) is 2. The average Bonchev–Trinajstić information content (AvgIpc) is 3.77. The summed E-state index contributed by atoms with van der Waals surface area (Å²) in [5, 5.41) is 5.03. The largest absolute Gasteiger partial charge is 0.496 e. The zero-order valence-electron chi connectivity index (χ0n) is 34.6. The van der Waals surface area contributed by atoms with Gasteiger partial charge in [0.15, 0.2) is 0 Å². The Morgan fingerprint density at radius 3 is 2.34 bits per heavy atom. The Bertz CT molecular complexity index is 2440. The topological polar surface area (TPSA) is 169 Å². The van der Waals surface area contributed by atoms with Gasteiger partial charge in [0.2, 0.25) is 11.8 Å². The van der Waals surface area contributed by atoms with E-state index in [1.165, 1.54) is 22.8 Å². The molecule has 5 heterocycles. The molecule has 0 bridgehead atoms. The number of aromatic nitrogens is 1. The second kappa shape index (κ2) is 17.7. The average molecular weight is 863 g/mol. The molecule has 2 N–H and O–H groups in total. The zero-order valence-corrected chi connectivity index (χ0v) is 35.4. The summed E-state index contributed by atoms with van der Waals surface area (Å²) in [4.78, 5) is 81.4. The highest BCUT2D eigenvalue weighted by Crippen LogP contribution is 2.40. The lowest BCUT2D eigenvalue weighted by Gasteiger charge is -2.38. The maximum atomic E-state index is 15.6. The molecule has 2 fully saturated rings. The number of nitrogens with zero attached hydrogens (tertiary/aromatic N) is 4. The van der Waals surface area contributed by atoms with Gasteiger partial charge < -0.3 is 29.0 Å². The van der Waals surface area contributed by atoms with Crippen molar-refractivity contribution in [1.29, 1.82) is 0 Å². The lowest BCUT2D eigenvalue weighted by molar-refractivity contribution is -0.136. The fraction of sp³-hybridized carbons (Fsp3) is 0.442. The molecule has 0 saturated carbocycles. The number of rotatable bonds is 15. The number of alkyl halides is 2. The summed E-state index contributed by atoms with van der Waals surface area (Å²) in [6.45, 7) is 1.12. The number of benzene rings is 2. The number of fused-ring (bicyclic) bond motifs is 2. The second-order valence-electron chi connectivity index (χ2n) is 15.8. The van der Waals surface area contributed by atoms with Crippen molar-refractivity contribution in [2.75, 3.05) is 54.6 Å². The van der Waals surface area contributed by atoms with Gasteiger partial charge in [0.25, 0.3) is 29.2 Å². The summed E-state index contributed by atoms with van der Waals surface area (Å²) >= 11 is 1.07. The lowest BCUT2D eigenvalue weighted by atomic mass is 10.00. The van der Waals surface area contributed by atoms with Crippen LogP contribution in [0, 0.1) is 0 Å². The number of methoxy groups -OCH3 is 2. The molecule has 2 saturated heterocycles. The third kappa shape index (κ3) is 8.88. The first kappa shape index (κ1) is 43.4. The number of amides is 5. The number of halogens is 2. The minimum absolute atomic E-state index is 0.0279. The van der Waals surface area contributed by atoms with Crippen molar-refractivity contribution in [1.82, 2.24) is 29.9 Å². The van der Waals surface area contributed by atoms with E-state index in [1.54, 1.807) is 38.4 Å². The van der Waals surface area contributed by atoms with Crippen LogP contribution in [-0.4, -0.2) is 121 Å². The number of pyridine rings is 1. The van der Waals surface area contributed by atoms with Crippen LogP contribution >= 0.6 is 11.3 Å². The van der Waals surface area contributed by atoms with Crippen molar-refractivity contribution in [3.63, 3.8) is 0 Å². The van der Waals surface area contributed by atoms with Crippen molar-refractivity contribution >= 4 is 51.0 Å². The molecular formula is C43H48F2N6O9S. The molecule has 15 nitrogen and oxygen atoms in total. The van der Waals surface area contributed by atoms with Gasteiger partial charge in [0.1, 0.15) is 23.3 Å². The number of carbonyl (C=O) groups excluding carboxylic acids is 5. The maximum Gasteiger partial charge on any atom is 0.280 e. The van der Waals surface area contributed by atoms with Crippen LogP contribution in [0.15, 0.2) is 47.4 Å². The number of ether oxygens (including phenoxy) is 3. The van der Waals surface area contributed by atoms with Crippen LogP contribution in [0.3, 0.4) is 0 Å². The Morgan fingerprint density at radius 1 is 0.951 bits per heavy atom. The Morgan fingerprint density at radius 2 is 1.67 bits per heavy atom. The predicted octanol–water partition coefficient (Wildman–Crippen LogP) is 4.44. The first-order chi connectivity index (χ1) is 29.1. The van der Waals surface area contributed by atoms with Crippen molar-refractivity contribution < 1.29 is 47.0 Å². The van der Waals surface area contributed by atoms with E-state index in [0.717, 1.165) is 21.8 Å². The number of aryl methyl sites for hydroxylation is 1. The Hall–Kier alpha value is -5.72. The molecule has 3 aliphatic rings. The van der Waals surface area contributed by atoms with Gasteiger partial charge in [-0.2, -0.15) is 0 Å². The number of carbonyl (C=O) groups is 5. The fourth-order valence-corrected chi connectivity index (χ4v) is 9.22. The van der Waals surface area contributed by atoms with E-state index < -0.39 is 54.1 Å². The Labute approximate surface area is 354 Å². The van der Waals surface area contributed by atoms with E-state index in [0.29, 0.717) is 84.0 Å².